The third kappa shape index (κ3) is 8.12. The molecule has 0 aliphatic rings. The number of carbonyl (C=O) groups is 2. The van der Waals surface area contributed by atoms with Crippen LogP contribution in [0.15, 0.2) is 42.5 Å². The van der Waals surface area contributed by atoms with Crippen LogP contribution >= 0.6 is 23.2 Å². The van der Waals surface area contributed by atoms with E-state index >= 15 is 0 Å². The van der Waals surface area contributed by atoms with Crippen molar-refractivity contribution in [2.75, 3.05) is 17.1 Å². The molecule has 35 heavy (non-hydrogen) atoms. The molecule has 2 amide bonds. The fourth-order valence-electron chi connectivity index (χ4n) is 3.64. The highest BCUT2D eigenvalue weighted by Gasteiger charge is 2.32. The lowest BCUT2D eigenvalue weighted by Gasteiger charge is -2.33. The molecular formula is C25H33Cl2N3O4S. The Morgan fingerprint density at radius 2 is 1.60 bits per heavy atom. The van der Waals surface area contributed by atoms with Crippen molar-refractivity contribution in [2.24, 2.45) is 0 Å². The number of benzene rings is 2. The first-order valence-electron chi connectivity index (χ1n) is 11.5. The summed E-state index contributed by atoms with van der Waals surface area (Å²) in [6.07, 6.45) is 2.15. The second-order valence-electron chi connectivity index (χ2n) is 8.59. The number of aryl methyl sites for hydroxylation is 1. The molecule has 0 saturated heterocycles. The first-order valence-corrected chi connectivity index (χ1v) is 14.1. The number of hydrogen-bond acceptors (Lipinski definition) is 4. The third-order valence-electron chi connectivity index (χ3n) is 5.76. The molecule has 0 aromatic heterocycles. The van der Waals surface area contributed by atoms with E-state index in [2.05, 4.69) is 5.32 Å². The summed E-state index contributed by atoms with van der Waals surface area (Å²) in [5.41, 5.74) is 1.74. The van der Waals surface area contributed by atoms with Gasteiger partial charge in [0.1, 0.15) is 12.6 Å². The fraction of sp³-hybridized carbons (Fsp3) is 0.440. The Kier molecular flexibility index (Phi) is 10.4. The number of amides is 2. The molecule has 0 radical (unpaired) electrons. The van der Waals surface area contributed by atoms with Crippen molar-refractivity contribution in [3.05, 3.63) is 63.6 Å². The molecular weight excluding hydrogens is 509 g/mol. The summed E-state index contributed by atoms with van der Waals surface area (Å²) in [5.74, 6) is -0.774. The van der Waals surface area contributed by atoms with E-state index in [1.807, 2.05) is 20.8 Å². The Morgan fingerprint density at radius 1 is 1.00 bits per heavy atom. The number of anilines is 1. The van der Waals surface area contributed by atoms with Gasteiger partial charge in [-0.05, 0) is 68.1 Å². The Hall–Kier alpha value is -2.29. The van der Waals surface area contributed by atoms with E-state index < -0.39 is 28.5 Å². The van der Waals surface area contributed by atoms with Crippen LogP contribution in [0.4, 0.5) is 5.69 Å². The summed E-state index contributed by atoms with van der Waals surface area (Å²) in [7, 11) is -3.81. The molecule has 2 aromatic rings. The molecule has 0 aliphatic carbocycles. The highest BCUT2D eigenvalue weighted by Crippen LogP contribution is 2.26. The van der Waals surface area contributed by atoms with Gasteiger partial charge < -0.3 is 10.2 Å². The van der Waals surface area contributed by atoms with Crippen LogP contribution in [0, 0.1) is 6.92 Å². The maximum absolute atomic E-state index is 13.7. The molecule has 2 atom stereocenters. The molecule has 2 rings (SSSR count). The first kappa shape index (κ1) is 28.9. The number of nitrogens with zero attached hydrogens (tertiary/aromatic N) is 2. The molecule has 0 saturated carbocycles. The maximum Gasteiger partial charge on any atom is 0.244 e. The van der Waals surface area contributed by atoms with Crippen LogP contribution < -0.4 is 9.62 Å². The second kappa shape index (κ2) is 12.6. The number of nitrogens with one attached hydrogen (secondary N) is 1. The highest BCUT2D eigenvalue weighted by molar-refractivity contribution is 7.92. The molecule has 0 heterocycles. The van der Waals surface area contributed by atoms with Gasteiger partial charge in [-0.1, -0.05) is 49.2 Å². The van der Waals surface area contributed by atoms with E-state index in [0.29, 0.717) is 27.7 Å². The summed E-state index contributed by atoms with van der Waals surface area (Å²) in [5, 5.41) is 3.95. The summed E-state index contributed by atoms with van der Waals surface area (Å²) in [6.45, 7) is 7.07. The van der Waals surface area contributed by atoms with Gasteiger partial charge in [-0.2, -0.15) is 0 Å². The molecule has 7 nitrogen and oxygen atoms in total. The summed E-state index contributed by atoms with van der Waals surface area (Å²) in [4.78, 5) is 28.2. The van der Waals surface area contributed by atoms with E-state index in [1.165, 1.54) is 4.90 Å². The molecule has 0 bridgehead atoms. The molecule has 0 spiro atoms. The van der Waals surface area contributed by atoms with Gasteiger partial charge in [-0.3, -0.25) is 13.9 Å². The molecule has 0 aliphatic heterocycles. The lowest BCUT2D eigenvalue weighted by Crippen LogP contribution is -2.53. The van der Waals surface area contributed by atoms with E-state index in [1.54, 1.807) is 49.4 Å². The van der Waals surface area contributed by atoms with Crippen molar-refractivity contribution in [1.29, 1.82) is 0 Å². The zero-order valence-corrected chi connectivity index (χ0v) is 23.0. The van der Waals surface area contributed by atoms with E-state index in [4.69, 9.17) is 23.2 Å². The lowest BCUT2D eigenvalue weighted by molar-refractivity contribution is -0.140. The average Bonchev–Trinajstić information content (AvgIpc) is 2.78. The fourth-order valence-corrected chi connectivity index (χ4v) is 4.90. The predicted molar refractivity (Wildman–Crippen MR) is 142 cm³/mol. The second-order valence-corrected chi connectivity index (χ2v) is 11.4. The van der Waals surface area contributed by atoms with Gasteiger partial charge in [0.2, 0.25) is 21.8 Å². The number of rotatable bonds is 11. The molecule has 1 N–H and O–H groups in total. The van der Waals surface area contributed by atoms with E-state index in [9.17, 15) is 18.0 Å². The van der Waals surface area contributed by atoms with Gasteiger partial charge in [0.15, 0.2) is 0 Å². The minimum absolute atomic E-state index is 0.0618. The van der Waals surface area contributed by atoms with Crippen LogP contribution in [0.2, 0.25) is 10.0 Å². The van der Waals surface area contributed by atoms with Crippen molar-refractivity contribution in [3.8, 4) is 0 Å². The quantitative estimate of drug-likeness (QED) is 0.443. The number of carbonyl (C=O) groups excluding carboxylic acids is 2. The zero-order valence-electron chi connectivity index (χ0n) is 20.7. The Balaban J connectivity index is 2.46. The van der Waals surface area contributed by atoms with Gasteiger partial charge >= 0.3 is 0 Å². The SMILES string of the molecule is CC[C@@H](C)NC(=O)[C@H](CC)N(Cc1ccc(Cl)cc1)C(=O)CN(c1ccc(Cl)cc1C)S(C)(=O)=O. The van der Waals surface area contributed by atoms with Gasteiger partial charge in [0, 0.05) is 22.6 Å². The molecule has 192 valence electrons. The minimum atomic E-state index is -3.81. The summed E-state index contributed by atoms with van der Waals surface area (Å²) >= 11 is 12.1. The van der Waals surface area contributed by atoms with Crippen LogP contribution in [0.3, 0.4) is 0 Å². The number of sulfonamides is 1. The van der Waals surface area contributed by atoms with Gasteiger partial charge in [-0.25, -0.2) is 8.42 Å². The highest BCUT2D eigenvalue weighted by atomic mass is 35.5. The smallest absolute Gasteiger partial charge is 0.244 e. The van der Waals surface area contributed by atoms with Crippen molar-refractivity contribution >= 4 is 50.7 Å². The standard InChI is InChI=1S/C25H33Cl2N3O4S/c1-6-18(4)28-25(32)22(7-2)29(15-19-8-10-20(26)11-9-19)24(31)16-30(35(5,33)34)23-13-12-21(27)14-17(23)3/h8-14,18,22H,6-7,15-16H2,1-5H3,(H,28,32)/t18-,22+/m1/s1. The monoisotopic (exact) mass is 541 g/mol. The van der Waals surface area contributed by atoms with Crippen molar-refractivity contribution < 1.29 is 18.0 Å². The molecule has 10 heteroatoms. The normalized spacial score (nSPS) is 13.1. The van der Waals surface area contributed by atoms with E-state index in [0.717, 1.165) is 22.5 Å². The Labute approximate surface area is 218 Å². The van der Waals surface area contributed by atoms with Crippen molar-refractivity contribution in [1.82, 2.24) is 10.2 Å². The summed E-state index contributed by atoms with van der Waals surface area (Å²) in [6, 6.07) is 10.9. The van der Waals surface area contributed by atoms with Crippen LogP contribution in [0.25, 0.3) is 0 Å². The van der Waals surface area contributed by atoms with Crippen LogP contribution in [0.1, 0.15) is 44.7 Å². The minimum Gasteiger partial charge on any atom is -0.352 e. The zero-order chi connectivity index (χ0) is 26.3. The lowest BCUT2D eigenvalue weighted by atomic mass is 10.1. The van der Waals surface area contributed by atoms with Gasteiger partial charge in [0.25, 0.3) is 0 Å². The first-order chi connectivity index (χ1) is 16.4. The van der Waals surface area contributed by atoms with Gasteiger partial charge in [0.05, 0.1) is 11.9 Å². The van der Waals surface area contributed by atoms with Crippen LogP contribution in [-0.2, 0) is 26.2 Å². The maximum atomic E-state index is 13.7. The topological polar surface area (TPSA) is 86.8 Å². The predicted octanol–water partition coefficient (Wildman–Crippen LogP) is 4.79. The summed E-state index contributed by atoms with van der Waals surface area (Å²) < 4.78 is 26.5. The van der Waals surface area contributed by atoms with Crippen LogP contribution in [-0.4, -0.2) is 50.0 Å². The van der Waals surface area contributed by atoms with E-state index in [-0.39, 0.29) is 18.5 Å². The number of halogens is 2. The van der Waals surface area contributed by atoms with Gasteiger partial charge in [-0.15, -0.1) is 0 Å². The average molecular weight is 543 g/mol. The molecule has 2 aromatic carbocycles. The molecule has 0 unspecified atom stereocenters. The molecule has 0 fully saturated rings. The Morgan fingerprint density at radius 3 is 2.11 bits per heavy atom. The van der Waals surface area contributed by atoms with Crippen molar-refractivity contribution in [2.45, 2.75) is 59.2 Å². The van der Waals surface area contributed by atoms with Crippen molar-refractivity contribution in [3.63, 3.8) is 0 Å². The third-order valence-corrected chi connectivity index (χ3v) is 7.37. The largest absolute Gasteiger partial charge is 0.352 e. The number of hydrogen-bond donors (Lipinski definition) is 1. The Bertz CT molecular complexity index is 1140. The van der Waals surface area contributed by atoms with Crippen LogP contribution in [0.5, 0.6) is 0 Å².